The molecular formula is C15H24O2. The summed E-state index contributed by atoms with van der Waals surface area (Å²) in [6.45, 7) is 10.2. The van der Waals surface area contributed by atoms with E-state index < -0.39 is 0 Å². The molecule has 0 unspecified atom stereocenters. The van der Waals surface area contributed by atoms with Crippen molar-refractivity contribution in [1.82, 2.24) is 0 Å². The first-order valence-electron chi connectivity index (χ1n) is 6.39. The van der Waals surface area contributed by atoms with Crippen molar-refractivity contribution >= 4 is 0 Å². The van der Waals surface area contributed by atoms with Gasteiger partial charge in [-0.15, -0.1) is 0 Å². The molecule has 0 aromatic carbocycles. The van der Waals surface area contributed by atoms with E-state index >= 15 is 0 Å². The molecule has 0 spiro atoms. The van der Waals surface area contributed by atoms with Crippen molar-refractivity contribution in [3.05, 3.63) is 36.1 Å². The normalized spacial score (nSPS) is 22.6. The van der Waals surface area contributed by atoms with E-state index in [1.54, 1.807) is 0 Å². The Bertz CT molecular complexity index is 296. The smallest absolute Gasteiger partial charge is 0.119 e. The third-order valence-corrected chi connectivity index (χ3v) is 2.90. The van der Waals surface area contributed by atoms with Crippen molar-refractivity contribution in [1.29, 1.82) is 0 Å². The maximum atomic E-state index is 5.65. The van der Waals surface area contributed by atoms with Crippen LogP contribution in [0.4, 0.5) is 0 Å². The first-order valence-corrected chi connectivity index (χ1v) is 6.39. The van der Waals surface area contributed by atoms with Crippen LogP contribution in [0.5, 0.6) is 0 Å². The molecule has 17 heavy (non-hydrogen) atoms. The second-order valence-corrected chi connectivity index (χ2v) is 4.82. The molecule has 0 amide bonds. The summed E-state index contributed by atoms with van der Waals surface area (Å²) in [6.07, 6.45) is 10.6. The first kappa shape index (κ1) is 14.0. The number of rotatable bonds is 7. The molecular weight excluding hydrogens is 212 g/mol. The Morgan fingerprint density at radius 3 is 2.65 bits per heavy atom. The molecule has 2 heteroatoms. The van der Waals surface area contributed by atoms with Gasteiger partial charge < -0.3 is 9.47 Å². The van der Waals surface area contributed by atoms with E-state index in [2.05, 4.69) is 32.9 Å². The number of allylic oxidation sites excluding steroid dienone is 5. The molecule has 0 aromatic heterocycles. The zero-order chi connectivity index (χ0) is 12.7. The Labute approximate surface area is 105 Å². The zero-order valence-electron chi connectivity index (χ0n) is 11.3. The second kappa shape index (κ2) is 7.33. The van der Waals surface area contributed by atoms with Crippen molar-refractivity contribution in [3.8, 4) is 0 Å². The summed E-state index contributed by atoms with van der Waals surface area (Å²) in [5, 5.41) is 0. The maximum absolute atomic E-state index is 5.65. The van der Waals surface area contributed by atoms with E-state index in [-0.39, 0.29) is 0 Å². The van der Waals surface area contributed by atoms with Crippen LogP contribution in [0.3, 0.4) is 0 Å². The fourth-order valence-electron chi connectivity index (χ4n) is 1.22. The zero-order valence-corrected chi connectivity index (χ0v) is 11.3. The van der Waals surface area contributed by atoms with Crippen molar-refractivity contribution in [2.24, 2.45) is 11.8 Å². The van der Waals surface area contributed by atoms with Crippen LogP contribution < -0.4 is 0 Å². The molecule has 0 N–H and O–H groups in total. The van der Waals surface area contributed by atoms with Gasteiger partial charge in [-0.1, -0.05) is 39.0 Å². The Morgan fingerprint density at radius 1 is 1.41 bits per heavy atom. The molecule has 1 aliphatic heterocycles. The Balaban J connectivity index is 2.43. The van der Waals surface area contributed by atoms with Crippen LogP contribution in [0, 0.1) is 11.8 Å². The van der Waals surface area contributed by atoms with Gasteiger partial charge in [0.1, 0.15) is 18.5 Å². The lowest BCUT2D eigenvalue weighted by atomic mass is 9.98. The first-order chi connectivity index (χ1) is 8.13. The Kier molecular flexibility index (Phi) is 6.06. The van der Waals surface area contributed by atoms with E-state index in [0.717, 1.165) is 12.4 Å². The predicted octanol–water partition coefficient (Wildman–Crippen LogP) is 3.71. The minimum atomic E-state index is 0.308. The summed E-state index contributed by atoms with van der Waals surface area (Å²) >= 11 is 0. The van der Waals surface area contributed by atoms with Crippen LogP contribution in [0.15, 0.2) is 36.1 Å². The topological polar surface area (TPSA) is 21.8 Å². The third-order valence-electron chi connectivity index (χ3n) is 2.90. The molecule has 2 atom stereocenters. The van der Waals surface area contributed by atoms with E-state index in [1.807, 2.05) is 25.2 Å². The third kappa shape index (κ3) is 6.32. The Morgan fingerprint density at radius 2 is 2.12 bits per heavy atom. The van der Waals surface area contributed by atoms with Crippen LogP contribution in [0.1, 0.15) is 27.7 Å². The fourth-order valence-corrected chi connectivity index (χ4v) is 1.22. The molecule has 96 valence electrons. The Hall–Kier alpha value is -1.02. The van der Waals surface area contributed by atoms with E-state index in [0.29, 0.717) is 24.5 Å². The molecule has 1 rings (SSSR count). The summed E-state index contributed by atoms with van der Waals surface area (Å²) in [6, 6.07) is 0. The maximum Gasteiger partial charge on any atom is 0.119 e. The fraction of sp³-hybridized carbons (Fsp3) is 0.600. The van der Waals surface area contributed by atoms with Gasteiger partial charge in [-0.25, -0.2) is 0 Å². The molecule has 0 saturated carbocycles. The number of hydrogen-bond acceptors (Lipinski definition) is 2. The lowest BCUT2D eigenvalue weighted by Gasteiger charge is -2.09. The van der Waals surface area contributed by atoms with E-state index in [4.69, 9.17) is 9.47 Å². The highest BCUT2D eigenvalue weighted by atomic mass is 16.6. The van der Waals surface area contributed by atoms with Crippen LogP contribution in [0.25, 0.3) is 0 Å². The molecule has 1 fully saturated rings. The summed E-state index contributed by atoms with van der Waals surface area (Å²) in [5.41, 5.74) is 0. The van der Waals surface area contributed by atoms with Gasteiger partial charge in [0, 0.05) is 0 Å². The molecule has 0 aliphatic carbocycles. The SMILES string of the molecule is C\C=C/C(=C\C=C\[C@@H](C)C(C)C)OC[C@H]1CO1. The minimum Gasteiger partial charge on any atom is -0.491 e. The molecule has 1 saturated heterocycles. The summed E-state index contributed by atoms with van der Waals surface area (Å²) < 4.78 is 10.8. The van der Waals surface area contributed by atoms with Gasteiger partial charge >= 0.3 is 0 Å². The highest BCUT2D eigenvalue weighted by molar-refractivity contribution is 5.18. The molecule has 2 nitrogen and oxygen atoms in total. The quantitative estimate of drug-likeness (QED) is 0.382. The minimum absolute atomic E-state index is 0.308. The van der Waals surface area contributed by atoms with Gasteiger partial charge in [0.05, 0.1) is 6.61 Å². The average molecular weight is 236 g/mol. The van der Waals surface area contributed by atoms with Crippen molar-refractivity contribution in [2.75, 3.05) is 13.2 Å². The number of ether oxygens (including phenoxy) is 2. The van der Waals surface area contributed by atoms with E-state index in [9.17, 15) is 0 Å². The summed E-state index contributed by atoms with van der Waals surface area (Å²) in [5.74, 6) is 2.16. The lowest BCUT2D eigenvalue weighted by Crippen LogP contribution is -2.00. The largest absolute Gasteiger partial charge is 0.491 e. The highest BCUT2D eigenvalue weighted by Crippen LogP contribution is 2.13. The van der Waals surface area contributed by atoms with Crippen LogP contribution in [-0.4, -0.2) is 19.3 Å². The second-order valence-electron chi connectivity index (χ2n) is 4.82. The monoisotopic (exact) mass is 236 g/mol. The van der Waals surface area contributed by atoms with Crippen LogP contribution in [-0.2, 0) is 9.47 Å². The number of epoxide rings is 1. The van der Waals surface area contributed by atoms with Crippen molar-refractivity contribution in [2.45, 2.75) is 33.8 Å². The lowest BCUT2D eigenvalue weighted by molar-refractivity contribution is 0.193. The highest BCUT2D eigenvalue weighted by Gasteiger charge is 2.22. The van der Waals surface area contributed by atoms with Gasteiger partial charge in [0.2, 0.25) is 0 Å². The standard InChI is InChI=1S/C15H24O2/c1-5-7-14(16-10-15-11-17-15)9-6-8-13(4)12(2)3/h5-9,12-13,15H,10-11H2,1-4H3/b7-5-,8-6+,14-9+/t13-,15+/m1/s1. The predicted molar refractivity (Wildman–Crippen MR) is 71.7 cm³/mol. The number of hydrogen-bond donors (Lipinski definition) is 0. The van der Waals surface area contributed by atoms with Gasteiger partial charge in [0.25, 0.3) is 0 Å². The van der Waals surface area contributed by atoms with Crippen LogP contribution >= 0.6 is 0 Å². The van der Waals surface area contributed by atoms with Gasteiger partial charge in [0.15, 0.2) is 0 Å². The molecule has 1 aliphatic rings. The van der Waals surface area contributed by atoms with Crippen LogP contribution in [0.2, 0.25) is 0 Å². The van der Waals surface area contributed by atoms with Crippen molar-refractivity contribution < 1.29 is 9.47 Å². The van der Waals surface area contributed by atoms with E-state index in [1.165, 1.54) is 0 Å². The molecule has 0 aromatic rings. The molecule has 0 bridgehead atoms. The summed E-state index contributed by atoms with van der Waals surface area (Å²) in [7, 11) is 0. The van der Waals surface area contributed by atoms with Crippen molar-refractivity contribution in [3.63, 3.8) is 0 Å². The average Bonchev–Trinajstić information content (AvgIpc) is 3.09. The molecule has 1 heterocycles. The molecule has 0 radical (unpaired) electrons. The van der Waals surface area contributed by atoms with Gasteiger partial charge in [-0.2, -0.15) is 0 Å². The van der Waals surface area contributed by atoms with Gasteiger partial charge in [-0.05, 0) is 30.9 Å². The van der Waals surface area contributed by atoms with Gasteiger partial charge in [-0.3, -0.25) is 0 Å². The summed E-state index contributed by atoms with van der Waals surface area (Å²) in [4.78, 5) is 0.